The quantitative estimate of drug-likeness (QED) is 0.138. The van der Waals surface area contributed by atoms with Crippen molar-refractivity contribution >= 4 is 35.0 Å². The summed E-state index contributed by atoms with van der Waals surface area (Å²) in [4.78, 5) is 66.9. The summed E-state index contributed by atoms with van der Waals surface area (Å²) < 4.78 is 15.4. The number of nitrogens with zero attached hydrogens (tertiary/aromatic N) is 3. The third-order valence-corrected chi connectivity index (χ3v) is 9.53. The molecule has 0 unspecified atom stereocenters. The zero-order valence-electron chi connectivity index (χ0n) is 32.7. The van der Waals surface area contributed by atoms with Crippen LogP contribution in [0, 0.1) is 0 Å². The predicted molar refractivity (Wildman–Crippen MR) is 208 cm³/mol. The highest BCUT2D eigenvalue weighted by atomic mass is 16.5. The van der Waals surface area contributed by atoms with Gasteiger partial charge in [-0.3, -0.25) is 9.59 Å². The maximum absolute atomic E-state index is 12.9. The largest absolute Gasteiger partial charge is 0.492 e. The minimum Gasteiger partial charge on any atom is -0.492 e. The Kier molecular flexibility index (Phi) is 13.7. The first-order valence-corrected chi connectivity index (χ1v) is 19.2. The first kappa shape index (κ1) is 40.6. The van der Waals surface area contributed by atoms with Gasteiger partial charge in [0.05, 0.1) is 49.1 Å². The van der Waals surface area contributed by atoms with Crippen LogP contribution in [-0.2, 0) is 31.0 Å². The van der Waals surface area contributed by atoms with E-state index in [-0.39, 0.29) is 30.9 Å². The molecule has 15 heteroatoms. The number of benzene rings is 2. The number of hydrogen-bond acceptors (Lipinski definition) is 9. The molecular weight excluding hydrogens is 704 g/mol. The zero-order chi connectivity index (χ0) is 39.5. The molecule has 1 saturated carbocycles. The van der Waals surface area contributed by atoms with E-state index in [4.69, 9.17) is 14.7 Å². The lowest BCUT2D eigenvalue weighted by Crippen LogP contribution is -2.53. The maximum Gasteiger partial charge on any atom is 0.407 e. The summed E-state index contributed by atoms with van der Waals surface area (Å²) in [5, 5.41) is 7.94. The van der Waals surface area contributed by atoms with E-state index in [1.54, 1.807) is 4.90 Å². The van der Waals surface area contributed by atoms with E-state index in [1.807, 2.05) is 36.4 Å². The van der Waals surface area contributed by atoms with E-state index in [2.05, 4.69) is 63.1 Å². The van der Waals surface area contributed by atoms with E-state index >= 15 is 0 Å². The van der Waals surface area contributed by atoms with Gasteiger partial charge < -0.3 is 45.0 Å². The Bertz CT molecular complexity index is 1970. The highest BCUT2D eigenvalue weighted by Crippen LogP contribution is 2.42. The number of methoxy groups -OCH3 is 2. The standard InChI is InChI=1S/C34H38N8O7.2C3H8/c1-47-32(45)35-17-27(43)41-34(11-4-12-34)31-38-22-9-7-19(15-24(22)39-31)20-6-8-21-26(16-20)49-14-10-23-29(21)40-30(37-23)25-5-3-13-42(25)28(44)18-36-33(46)48-2;2*1-3-2/h6-9,15-16,25H,3-5,10-14,17-18H2,1-2H3,(H,35,45)(H,36,46)(H,37,40)(H,38,39)(H,41,43);2*3H2,1-2H3/t25-;;/m0../s1. The molecule has 5 N–H and O–H groups in total. The molecule has 2 fully saturated rings. The normalized spacial score (nSPS) is 16.3. The number of aromatic amines is 2. The second-order valence-electron chi connectivity index (χ2n) is 13.9. The Balaban J connectivity index is 0.000000909. The van der Waals surface area contributed by atoms with Gasteiger partial charge in [-0.1, -0.05) is 52.7 Å². The van der Waals surface area contributed by atoms with Crippen LogP contribution in [-0.4, -0.2) is 89.3 Å². The summed E-state index contributed by atoms with van der Waals surface area (Å²) in [6.07, 6.45) is 5.88. The lowest BCUT2D eigenvalue weighted by Gasteiger charge is -2.40. The van der Waals surface area contributed by atoms with Gasteiger partial charge in [0.2, 0.25) is 11.8 Å². The first-order valence-electron chi connectivity index (χ1n) is 19.2. The predicted octanol–water partition coefficient (Wildman–Crippen LogP) is 6.26. The molecular formula is C40H54N8O7. The number of likely N-dealkylation sites (tertiary alicyclic amines) is 1. The molecule has 2 aromatic carbocycles. The molecule has 1 saturated heterocycles. The number of carbonyl (C=O) groups is 4. The molecule has 4 amide bonds. The summed E-state index contributed by atoms with van der Waals surface area (Å²) in [5.41, 5.74) is 5.58. The lowest BCUT2D eigenvalue weighted by molar-refractivity contribution is -0.131. The molecule has 296 valence electrons. The molecule has 1 aliphatic carbocycles. The number of aromatic nitrogens is 4. The second kappa shape index (κ2) is 18.6. The van der Waals surface area contributed by atoms with Crippen molar-refractivity contribution in [2.75, 3.05) is 40.5 Å². The van der Waals surface area contributed by atoms with Crippen LogP contribution < -0.4 is 20.7 Å². The second-order valence-corrected chi connectivity index (χ2v) is 13.9. The van der Waals surface area contributed by atoms with Gasteiger partial charge in [0.25, 0.3) is 0 Å². The summed E-state index contributed by atoms with van der Waals surface area (Å²) in [6, 6.07) is 11.9. The van der Waals surface area contributed by atoms with Gasteiger partial charge in [-0.15, -0.1) is 0 Å². The summed E-state index contributed by atoms with van der Waals surface area (Å²) in [5.74, 6) is 1.64. The van der Waals surface area contributed by atoms with E-state index in [9.17, 15) is 19.2 Å². The fraction of sp³-hybridized carbons (Fsp3) is 0.500. The Hall–Kier alpha value is -5.60. The minimum absolute atomic E-state index is 0.137. The summed E-state index contributed by atoms with van der Waals surface area (Å²) in [7, 11) is 2.51. The van der Waals surface area contributed by atoms with Gasteiger partial charge in [0, 0.05) is 24.2 Å². The van der Waals surface area contributed by atoms with Crippen molar-refractivity contribution in [3.05, 3.63) is 53.7 Å². The van der Waals surface area contributed by atoms with Crippen molar-refractivity contribution < 1.29 is 33.4 Å². The number of imidazole rings is 2. The number of amides is 4. The van der Waals surface area contributed by atoms with Gasteiger partial charge in [-0.25, -0.2) is 19.6 Å². The van der Waals surface area contributed by atoms with Crippen molar-refractivity contribution in [1.29, 1.82) is 0 Å². The Morgan fingerprint density at radius 2 is 1.56 bits per heavy atom. The van der Waals surface area contributed by atoms with E-state index in [0.29, 0.717) is 25.4 Å². The molecule has 7 rings (SSSR count). The fourth-order valence-electron chi connectivity index (χ4n) is 6.85. The molecule has 0 radical (unpaired) electrons. The molecule has 0 bridgehead atoms. The Morgan fingerprint density at radius 1 is 0.891 bits per heavy atom. The molecule has 3 aliphatic rings. The van der Waals surface area contributed by atoms with Crippen LogP contribution in [0.1, 0.15) is 96.0 Å². The number of hydrogen-bond donors (Lipinski definition) is 5. The number of rotatable bonds is 8. The van der Waals surface area contributed by atoms with Gasteiger partial charge in [0.1, 0.15) is 30.5 Å². The molecule has 4 aromatic rings. The van der Waals surface area contributed by atoms with Crippen LogP contribution in [0.3, 0.4) is 0 Å². The highest BCUT2D eigenvalue weighted by Gasteiger charge is 2.43. The smallest absolute Gasteiger partial charge is 0.407 e. The first-order chi connectivity index (χ1) is 26.6. The monoisotopic (exact) mass is 758 g/mol. The molecule has 2 aromatic heterocycles. The molecule has 2 aliphatic heterocycles. The van der Waals surface area contributed by atoms with Crippen molar-refractivity contribution in [3.63, 3.8) is 0 Å². The van der Waals surface area contributed by atoms with Crippen molar-refractivity contribution in [2.24, 2.45) is 0 Å². The maximum atomic E-state index is 12.9. The Labute approximate surface area is 321 Å². The molecule has 1 atom stereocenters. The van der Waals surface area contributed by atoms with Crippen LogP contribution in [0.15, 0.2) is 36.4 Å². The van der Waals surface area contributed by atoms with Gasteiger partial charge in [0.15, 0.2) is 0 Å². The number of nitrogens with one attached hydrogen (secondary N) is 5. The third kappa shape index (κ3) is 9.38. The van der Waals surface area contributed by atoms with Crippen LogP contribution >= 0.6 is 0 Å². The van der Waals surface area contributed by atoms with E-state index in [1.165, 1.54) is 27.1 Å². The Morgan fingerprint density at radius 3 is 2.24 bits per heavy atom. The van der Waals surface area contributed by atoms with Crippen LogP contribution in [0.2, 0.25) is 0 Å². The minimum atomic E-state index is -0.664. The average Bonchev–Trinajstić information content (AvgIpc) is 3.91. The van der Waals surface area contributed by atoms with Crippen molar-refractivity contribution in [2.45, 2.75) is 90.6 Å². The number of carbonyl (C=O) groups excluding carboxylic acids is 4. The average molecular weight is 759 g/mol. The number of ether oxygens (including phenoxy) is 3. The van der Waals surface area contributed by atoms with Crippen molar-refractivity contribution in [1.82, 2.24) is 40.8 Å². The number of H-pyrrole nitrogens is 2. The SMILES string of the molecule is CCC.CCC.COC(=O)NCC(=O)NC1(c2nc3ccc(-c4ccc5c(c4)OCCc4[nH]c([C@@H]6CCCN6C(=O)CNC(=O)OC)nc4-5)cc3[nH]2)CCC1. The molecule has 4 heterocycles. The van der Waals surface area contributed by atoms with E-state index in [0.717, 1.165) is 82.8 Å². The number of fused-ring (bicyclic) bond motifs is 4. The molecule has 55 heavy (non-hydrogen) atoms. The highest BCUT2D eigenvalue weighted by molar-refractivity contribution is 5.86. The topological polar surface area (TPSA) is 193 Å². The van der Waals surface area contributed by atoms with Crippen LogP contribution in [0.4, 0.5) is 9.59 Å². The van der Waals surface area contributed by atoms with Crippen molar-refractivity contribution in [3.8, 4) is 28.1 Å². The van der Waals surface area contributed by atoms with Crippen LogP contribution in [0.5, 0.6) is 5.75 Å². The molecule has 0 spiro atoms. The van der Waals surface area contributed by atoms with Gasteiger partial charge in [-0.05, 0) is 67.5 Å². The van der Waals surface area contributed by atoms with Gasteiger partial charge >= 0.3 is 12.2 Å². The molecule has 15 nitrogen and oxygen atoms in total. The van der Waals surface area contributed by atoms with Gasteiger partial charge in [-0.2, -0.15) is 0 Å². The third-order valence-electron chi connectivity index (χ3n) is 9.53. The number of alkyl carbamates (subject to hydrolysis) is 2. The lowest BCUT2D eigenvalue weighted by atomic mass is 9.76. The summed E-state index contributed by atoms with van der Waals surface area (Å²) in [6.45, 7) is 9.23. The van der Waals surface area contributed by atoms with E-state index < -0.39 is 17.7 Å². The summed E-state index contributed by atoms with van der Waals surface area (Å²) >= 11 is 0. The zero-order valence-corrected chi connectivity index (χ0v) is 32.7. The van der Waals surface area contributed by atoms with Crippen LogP contribution in [0.25, 0.3) is 33.4 Å². The fourth-order valence-corrected chi connectivity index (χ4v) is 6.85.